The Hall–Kier alpha value is -0.610. The Kier molecular flexibility index (Phi) is 4.05. The number of rotatable bonds is 2. The number of hydrogen-bond acceptors (Lipinski definition) is 2. The predicted octanol–water partition coefficient (Wildman–Crippen LogP) is 3.33. The molecule has 2 atom stereocenters. The zero-order valence-electron chi connectivity index (χ0n) is 10.1. The highest BCUT2D eigenvalue weighted by Gasteiger charge is 2.24. The van der Waals surface area contributed by atoms with Crippen LogP contribution in [0.5, 0.6) is 0 Å². The first kappa shape index (κ1) is 12.8. The van der Waals surface area contributed by atoms with Crippen LogP contribution in [-0.2, 0) is 10.1 Å². The van der Waals surface area contributed by atoms with Crippen molar-refractivity contribution in [1.29, 1.82) is 0 Å². The van der Waals surface area contributed by atoms with Crippen LogP contribution in [0, 0.1) is 5.82 Å². The van der Waals surface area contributed by atoms with Gasteiger partial charge in [0.2, 0.25) is 0 Å². The van der Waals surface area contributed by atoms with Crippen LogP contribution in [0.4, 0.5) is 10.1 Å². The normalized spacial score (nSPS) is 25.1. The summed E-state index contributed by atoms with van der Waals surface area (Å²) in [4.78, 5) is 2.06. The minimum Gasteiger partial charge on any atom is -0.372 e. The van der Waals surface area contributed by atoms with Gasteiger partial charge in [0.25, 0.3) is 0 Å². The number of hydrogen-bond donors (Lipinski definition) is 0. The minimum absolute atomic E-state index is 0.147. The van der Waals surface area contributed by atoms with Crippen molar-refractivity contribution < 1.29 is 9.13 Å². The van der Waals surface area contributed by atoms with E-state index in [-0.39, 0.29) is 18.0 Å². The lowest BCUT2D eigenvalue weighted by Crippen LogP contribution is -2.45. The molecule has 1 saturated heterocycles. The molecule has 2 rings (SSSR count). The molecular formula is C13H17BrFNO. The molecule has 1 aliphatic heterocycles. The van der Waals surface area contributed by atoms with E-state index in [1.807, 2.05) is 26.0 Å². The maximum atomic E-state index is 14.0. The van der Waals surface area contributed by atoms with Crippen molar-refractivity contribution in [2.45, 2.75) is 31.4 Å². The molecule has 2 unspecified atom stereocenters. The second kappa shape index (κ2) is 5.36. The molecule has 4 heteroatoms. The average Bonchev–Trinajstić information content (AvgIpc) is 2.27. The van der Waals surface area contributed by atoms with Gasteiger partial charge in [0.15, 0.2) is 0 Å². The van der Waals surface area contributed by atoms with Gasteiger partial charge in [-0.1, -0.05) is 22.0 Å². The van der Waals surface area contributed by atoms with Crippen LogP contribution in [0.2, 0.25) is 0 Å². The first-order chi connectivity index (χ1) is 8.10. The van der Waals surface area contributed by atoms with Gasteiger partial charge in [-0.3, -0.25) is 0 Å². The SMILES string of the molecule is CC1CN(c2ccc(CBr)cc2F)CC(C)O1. The van der Waals surface area contributed by atoms with E-state index in [1.165, 1.54) is 0 Å². The third kappa shape index (κ3) is 2.99. The van der Waals surface area contributed by atoms with Gasteiger partial charge in [-0.05, 0) is 31.5 Å². The van der Waals surface area contributed by atoms with Gasteiger partial charge in [0.1, 0.15) is 5.82 Å². The minimum atomic E-state index is -0.150. The molecule has 0 N–H and O–H groups in total. The molecule has 2 nitrogen and oxygen atoms in total. The van der Waals surface area contributed by atoms with E-state index in [2.05, 4.69) is 20.8 Å². The average molecular weight is 302 g/mol. The number of halogens is 2. The van der Waals surface area contributed by atoms with Gasteiger partial charge in [-0.25, -0.2) is 4.39 Å². The summed E-state index contributed by atoms with van der Waals surface area (Å²) in [5.41, 5.74) is 1.64. The van der Waals surface area contributed by atoms with Crippen LogP contribution in [0.1, 0.15) is 19.4 Å². The molecule has 1 fully saturated rings. The van der Waals surface area contributed by atoms with Gasteiger partial charge in [-0.15, -0.1) is 0 Å². The summed E-state index contributed by atoms with van der Waals surface area (Å²) >= 11 is 3.33. The van der Waals surface area contributed by atoms with E-state index in [4.69, 9.17) is 4.74 Å². The summed E-state index contributed by atoms with van der Waals surface area (Å²) < 4.78 is 19.6. The van der Waals surface area contributed by atoms with Crippen LogP contribution in [0.25, 0.3) is 0 Å². The highest BCUT2D eigenvalue weighted by Crippen LogP contribution is 2.25. The highest BCUT2D eigenvalue weighted by molar-refractivity contribution is 9.08. The van der Waals surface area contributed by atoms with Crippen LogP contribution in [-0.4, -0.2) is 25.3 Å². The Morgan fingerprint density at radius 1 is 1.35 bits per heavy atom. The van der Waals surface area contributed by atoms with E-state index in [1.54, 1.807) is 6.07 Å². The monoisotopic (exact) mass is 301 g/mol. The summed E-state index contributed by atoms with van der Waals surface area (Å²) in [5.74, 6) is -0.150. The fraction of sp³-hybridized carbons (Fsp3) is 0.538. The maximum Gasteiger partial charge on any atom is 0.146 e. The molecule has 1 aliphatic rings. The number of morpholine rings is 1. The van der Waals surface area contributed by atoms with Crippen LogP contribution >= 0.6 is 15.9 Å². The van der Waals surface area contributed by atoms with Crippen molar-refractivity contribution in [3.05, 3.63) is 29.6 Å². The third-order valence-electron chi connectivity index (χ3n) is 2.93. The molecule has 0 spiro atoms. The van der Waals surface area contributed by atoms with Crippen molar-refractivity contribution >= 4 is 21.6 Å². The second-order valence-corrected chi connectivity index (χ2v) is 5.14. The predicted molar refractivity (Wildman–Crippen MR) is 71.3 cm³/mol. The van der Waals surface area contributed by atoms with E-state index < -0.39 is 0 Å². The number of alkyl halides is 1. The quantitative estimate of drug-likeness (QED) is 0.777. The fourth-order valence-corrected chi connectivity index (χ4v) is 2.61. The molecule has 1 aromatic carbocycles. The summed E-state index contributed by atoms with van der Waals surface area (Å²) in [6.07, 6.45) is 0.294. The lowest BCUT2D eigenvalue weighted by molar-refractivity contribution is -0.00539. The Balaban J connectivity index is 2.21. The fourth-order valence-electron chi connectivity index (χ4n) is 2.26. The maximum absolute atomic E-state index is 14.0. The van der Waals surface area contributed by atoms with Gasteiger partial charge < -0.3 is 9.64 Å². The van der Waals surface area contributed by atoms with Crippen LogP contribution in [0.15, 0.2) is 18.2 Å². The van der Waals surface area contributed by atoms with Crippen LogP contribution in [0.3, 0.4) is 0 Å². The van der Waals surface area contributed by atoms with Crippen molar-refractivity contribution in [2.24, 2.45) is 0 Å². The van der Waals surface area contributed by atoms with Crippen LogP contribution < -0.4 is 4.90 Å². The lowest BCUT2D eigenvalue weighted by atomic mass is 10.1. The first-order valence-corrected chi connectivity index (χ1v) is 6.97. The molecule has 0 radical (unpaired) electrons. The summed E-state index contributed by atoms with van der Waals surface area (Å²) in [7, 11) is 0. The van der Waals surface area contributed by atoms with Crippen molar-refractivity contribution in [3.63, 3.8) is 0 Å². The zero-order valence-corrected chi connectivity index (χ0v) is 11.7. The van der Waals surface area contributed by atoms with Crippen molar-refractivity contribution in [1.82, 2.24) is 0 Å². The van der Waals surface area contributed by atoms with E-state index in [0.29, 0.717) is 11.0 Å². The molecule has 94 valence electrons. The summed E-state index contributed by atoms with van der Waals surface area (Å²) in [6, 6.07) is 5.41. The Morgan fingerprint density at radius 2 is 2.00 bits per heavy atom. The second-order valence-electron chi connectivity index (χ2n) is 4.58. The Labute approximate surface area is 110 Å². The van der Waals surface area contributed by atoms with Gasteiger partial charge in [0, 0.05) is 18.4 Å². The lowest BCUT2D eigenvalue weighted by Gasteiger charge is -2.37. The molecule has 0 saturated carbocycles. The molecular weight excluding hydrogens is 285 g/mol. The number of ether oxygens (including phenoxy) is 1. The zero-order chi connectivity index (χ0) is 12.4. The first-order valence-electron chi connectivity index (χ1n) is 5.85. The van der Waals surface area contributed by atoms with Crippen molar-refractivity contribution in [2.75, 3.05) is 18.0 Å². The number of nitrogens with zero attached hydrogens (tertiary/aromatic N) is 1. The number of benzene rings is 1. The van der Waals surface area contributed by atoms with Crippen molar-refractivity contribution in [3.8, 4) is 0 Å². The van der Waals surface area contributed by atoms with E-state index >= 15 is 0 Å². The number of anilines is 1. The third-order valence-corrected chi connectivity index (χ3v) is 3.57. The summed E-state index contributed by atoms with van der Waals surface area (Å²) in [6.45, 7) is 5.53. The molecule has 0 bridgehead atoms. The van der Waals surface area contributed by atoms with E-state index in [9.17, 15) is 4.39 Å². The van der Waals surface area contributed by atoms with Gasteiger partial charge in [0.05, 0.1) is 17.9 Å². The van der Waals surface area contributed by atoms with E-state index in [0.717, 1.165) is 18.7 Å². The molecule has 0 aromatic heterocycles. The smallest absolute Gasteiger partial charge is 0.146 e. The van der Waals surface area contributed by atoms with Gasteiger partial charge >= 0.3 is 0 Å². The highest BCUT2D eigenvalue weighted by atomic mass is 79.9. The standard InChI is InChI=1S/C13H17BrFNO/c1-9-7-16(8-10(2)17-9)13-4-3-11(6-14)5-12(13)15/h3-5,9-10H,6-8H2,1-2H3. The molecule has 1 heterocycles. The molecule has 0 aliphatic carbocycles. The largest absolute Gasteiger partial charge is 0.372 e. The topological polar surface area (TPSA) is 12.5 Å². The molecule has 0 amide bonds. The molecule has 1 aromatic rings. The summed E-state index contributed by atoms with van der Waals surface area (Å²) in [5, 5.41) is 0.681. The Morgan fingerprint density at radius 3 is 2.53 bits per heavy atom. The molecule has 17 heavy (non-hydrogen) atoms. The Bertz CT molecular complexity index is 389. The van der Waals surface area contributed by atoms with Gasteiger partial charge in [-0.2, -0.15) is 0 Å².